The normalized spacial score (nSPS) is 13.9. The molecule has 8 heteroatoms. The van der Waals surface area contributed by atoms with Crippen LogP contribution in [0.25, 0.3) is 0 Å². The molecular weight excluding hydrogens is 329 g/mol. The summed E-state index contributed by atoms with van der Waals surface area (Å²) in [6, 6.07) is 9.14. The van der Waals surface area contributed by atoms with Crippen LogP contribution in [0.2, 0.25) is 0 Å². The van der Waals surface area contributed by atoms with Gasteiger partial charge in [-0.2, -0.15) is 0 Å². The van der Waals surface area contributed by atoms with Gasteiger partial charge < -0.3 is 9.05 Å². The maximum Gasteiger partial charge on any atom is 0.353 e. The van der Waals surface area contributed by atoms with Gasteiger partial charge in [0.2, 0.25) is 6.54 Å². The summed E-state index contributed by atoms with van der Waals surface area (Å²) < 4.78 is 21.9. The van der Waals surface area contributed by atoms with Crippen LogP contribution in [0.4, 0.5) is 0 Å². The maximum atomic E-state index is 12.1. The number of hydrogen-bond acceptors (Lipinski definition) is 5. The van der Waals surface area contributed by atoms with Gasteiger partial charge in [0.25, 0.3) is 0 Å². The summed E-state index contributed by atoms with van der Waals surface area (Å²) in [5.74, 6) is 1.08. The number of allylic oxidation sites excluding steroid dienone is 1. The molecule has 1 unspecified atom stereocenters. The summed E-state index contributed by atoms with van der Waals surface area (Å²) in [6.07, 6.45) is 0.311. The van der Waals surface area contributed by atoms with E-state index in [0.717, 1.165) is 5.56 Å². The number of nitro groups is 1. The minimum absolute atomic E-state index is 0.0950. The van der Waals surface area contributed by atoms with Crippen LogP contribution >= 0.6 is 19.2 Å². The zero-order chi connectivity index (χ0) is 16.6. The molecule has 0 aliphatic heterocycles. The Balaban J connectivity index is 3.03. The molecule has 0 aliphatic carbocycles. The molecule has 0 aliphatic rings. The predicted molar refractivity (Wildman–Crippen MR) is 86.1 cm³/mol. The first kappa shape index (κ1) is 18.8. The van der Waals surface area contributed by atoms with E-state index in [-0.39, 0.29) is 23.3 Å². The van der Waals surface area contributed by atoms with E-state index in [4.69, 9.17) is 20.6 Å². The fourth-order valence-corrected chi connectivity index (χ4v) is 3.35. The minimum Gasteiger partial charge on any atom is -0.309 e. The molecule has 0 heterocycles. The van der Waals surface area contributed by atoms with Crippen molar-refractivity contribution in [3.63, 3.8) is 0 Å². The van der Waals surface area contributed by atoms with Crippen LogP contribution in [0.15, 0.2) is 41.7 Å². The molecule has 0 spiro atoms. The molecule has 1 rings (SSSR count). The topological polar surface area (TPSA) is 78.7 Å². The first-order chi connectivity index (χ1) is 10.4. The lowest BCUT2D eigenvalue weighted by atomic mass is 9.93. The Morgan fingerprint density at radius 1 is 1.36 bits per heavy atom. The monoisotopic (exact) mass is 347 g/mol. The van der Waals surface area contributed by atoms with Gasteiger partial charge in [0, 0.05) is 30.8 Å². The highest BCUT2D eigenvalue weighted by Gasteiger charge is 2.23. The fraction of sp³-hybridized carbons (Fsp3) is 0.429. The van der Waals surface area contributed by atoms with Gasteiger partial charge in [0.15, 0.2) is 0 Å². The first-order valence-electron chi connectivity index (χ1n) is 6.58. The second-order valence-electron chi connectivity index (χ2n) is 4.65. The molecule has 1 aromatic carbocycles. The van der Waals surface area contributed by atoms with Gasteiger partial charge in [-0.1, -0.05) is 30.3 Å². The Morgan fingerprint density at radius 2 is 1.95 bits per heavy atom. The van der Waals surface area contributed by atoms with Crippen LogP contribution in [-0.4, -0.2) is 31.6 Å². The van der Waals surface area contributed by atoms with Crippen LogP contribution in [0.3, 0.4) is 0 Å². The number of rotatable bonds is 9. The lowest BCUT2D eigenvalue weighted by molar-refractivity contribution is -0.483. The Kier molecular flexibility index (Phi) is 7.76. The quantitative estimate of drug-likeness (QED) is 0.291. The van der Waals surface area contributed by atoms with Gasteiger partial charge in [-0.15, -0.1) is 11.6 Å². The van der Waals surface area contributed by atoms with Crippen LogP contribution < -0.4 is 0 Å². The minimum atomic E-state index is -3.35. The summed E-state index contributed by atoms with van der Waals surface area (Å²) >= 11 is 5.89. The van der Waals surface area contributed by atoms with E-state index in [1.165, 1.54) is 20.0 Å². The summed E-state index contributed by atoms with van der Waals surface area (Å²) in [4.78, 5) is 10.5. The van der Waals surface area contributed by atoms with E-state index in [1.807, 2.05) is 30.3 Å². The SMILES string of the molecule is COP(=O)(/C=C(/CCl)CC(C[N+](=O)[O-])c1ccccc1)OC. The van der Waals surface area contributed by atoms with Gasteiger partial charge in [0.1, 0.15) is 0 Å². The summed E-state index contributed by atoms with van der Waals surface area (Å²) in [5.41, 5.74) is 1.42. The predicted octanol–water partition coefficient (Wildman–Crippen LogP) is 4.05. The highest BCUT2D eigenvalue weighted by molar-refractivity contribution is 7.57. The van der Waals surface area contributed by atoms with Gasteiger partial charge >= 0.3 is 7.60 Å². The molecule has 0 bridgehead atoms. The average molecular weight is 348 g/mol. The number of nitrogens with zero attached hydrogens (tertiary/aromatic N) is 1. The third-order valence-electron chi connectivity index (χ3n) is 3.17. The number of halogens is 1. The Labute approximate surface area is 134 Å². The van der Waals surface area contributed by atoms with Crippen LogP contribution in [0, 0.1) is 10.1 Å². The van der Waals surface area contributed by atoms with Crippen molar-refractivity contribution in [1.29, 1.82) is 0 Å². The van der Waals surface area contributed by atoms with Crippen molar-refractivity contribution in [2.75, 3.05) is 26.6 Å². The van der Waals surface area contributed by atoms with Gasteiger partial charge in [-0.3, -0.25) is 14.7 Å². The maximum absolute atomic E-state index is 12.1. The summed E-state index contributed by atoms with van der Waals surface area (Å²) in [6.45, 7) is -0.234. The van der Waals surface area contributed by atoms with Crippen LogP contribution in [0.5, 0.6) is 0 Å². The van der Waals surface area contributed by atoms with Crippen molar-refractivity contribution in [3.8, 4) is 0 Å². The van der Waals surface area contributed by atoms with Gasteiger partial charge in [0.05, 0.1) is 5.92 Å². The molecular formula is C14H19ClNO5P. The third kappa shape index (κ3) is 5.89. The van der Waals surface area contributed by atoms with E-state index >= 15 is 0 Å². The standard InChI is InChI=1S/C14H19ClNO5P/c1-20-22(19,21-2)11-12(9-15)8-14(10-16(17)18)13-6-4-3-5-7-13/h3-7,11,14H,8-10H2,1-2H3/b12-11+. The van der Waals surface area contributed by atoms with E-state index < -0.39 is 7.60 Å². The second kappa shape index (κ2) is 9.06. The molecule has 6 nitrogen and oxygen atoms in total. The largest absolute Gasteiger partial charge is 0.353 e. The average Bonchev–Trinajstić information content (AvgIpc) is 2.53. The molecule has 122 valence electrons. The lowest BCUT2D eigenvalue weighted by Gasteiger charge is -2.16. The van der Waals surface area contributed by atoms with Crippen molar-refractivity contribution < 1.29 is 18.5 Å². The Morgan fingerprint density at radius 3 is 2.41 bits per heavy atom. The summed E-state index contributed by atoms with van der Waals surface area (Å²) in [7, 11) is -0.800. The smallest absolute Gasteiger partial charge is 0.309 e. The Bertz CT molecular complexity index is 556. The van der Waals surface area contributed by atoms with E-state index in [2.05, 4.69) is 0 Å². The molecule has 0 saturated heterocycles. The van der Waals surface area contributed by atoms with E-state index in [9.17, 15) is 14.7 Å². The van der Waals surface area contributed by atoms with Crippen molar-refractivity contribution in [3.05, 3.63) is 57.4 Å². The van der Waals surface area contributed by atoms with Crippen LogP contribution in [0.1, 0.15) is 17.9 Å². The van der Waals surface area contributed by atoms with Crippen LogP contribution in [-0.2, 0) is 13.6 Å². The molecule has 0 fully saturated rings. The highest BCUT2D eigenvalue weighted by Crippen LogP contribution is 2.49. The van der Waals surface area contributed by atoms with Crippen molar-refractivity contribution >= 4 is 19.2 Å². The van der Waals surface area contributed by atoms with Crippen molar-refractivity contribution in [2.24, 2.45) is 0 Å². The number of alkyl halides is 1. The first-order valence-corrected chi connectivity index (χ1v) is 8.73. The van der Waals surface area contributed by atoms with Crippen molar-refractivity contribution in [2.45, 2.75) is 12.3 Å². The molecule has 1 atom stereocenters. The molecule has 1 aromatic rings. The fourth-order valence-electron chi connectivity index (χ4n) is 2.05. The summed E-state index contributed by atoms with van der Waals surface area (Å²) in [5, 5.41) is 10.9. The molecule has 22 heavy (non-hydrogen) atoms. The third-order valence-corrected chi connectivity index (χ3v) is 5.21. The van der Waals surface area contributed by atoms with Gasteiger partial charge in [-0.25, -0.2) is 0 Å². The molecule has 0 saturated carbocycles. The van der Waals surface area contributed by atoms with Crippen molar-refractivity contribution in [1.82, 2.24) is 0 Å². The Hall–Kier alpha value is -1.20. The lowest BCUT2D eigenvalue weighted by Crippen LogP contribution is -2.14. The number of benzene rings is 1. The molecule has 0 N–H and O–H groups in total. The molecule has 0 amide bonds. The second-order valence-corrected chi connectivity index (χ2v) is 6.99. The number of hydrogen-bond donors (Lipinski definition) is 0. The molecule has 0 aromatic heterocycles. The van der Waals surface area contributed by atoms with E-state index in [1.54, 1.807) is 0 Å². The zero-order valence-corrected chi connectivity index (χ0v) is 14.1. The zero-order valence-electron chi connectivity index (χ0n) is 12.5. The van der Waals surface area contributed by atoms with E-state index in [0.29, 0.717) is 12.0 Å². The van der Waals surface area contributed by atoms with Gasteiger partial charge in [-0.05, 0) is 17.6 Å². The molecule has 0 radical (unpaired) electrons. The highest BCUT2D eigenvalue weighted by atomic mass is 35.5.